The first-order valence-corrected chi connectivity index (χ1v) is 3.50. The van der Waals surface area contributed by atoms with Crippen LogP contribution < -0.4 is 5.32 Å². The van der Waals surface area contributed by atoms with Crippen LogP contribution in [0.4, 0.5) is 0 Å². The molecule has 1 aliphatic heterocycles. The second-order valence-electron chi connectivity index (χ2n) is 2.65. The largest absolute Gasteiger partial charge is 0.323 e. The second kappa shape index (κ2) is 2.05. The van der Waals surface area contributed by atoms with Gasteiger partial charge in [-0.1, -0.05) is 12.2 Å². The number of hydrogen-bond acceptors (Lipinski definition) is 2. The summed E-state index contributed by atoms with van der Waals surface area (Å²) >= 11 is 0. The Morgan fingerprint density at radius 2 is 2.18 bits per heavy atom. The summed E-state index contributed by atoms with van der Waals surface area (Å²) in [6.07, 6.45) is 4.41. The number of nitrogens with one attached hydrogen (secondary N) is 1. The first-order valence-electron chi connectivity index (χ1n) is 3.50. The number of Topliss-reactive ketones (excluding diaryl/α,β-unsaturated/α-hetero) is 1. The van der Waals surface area contributed by atoms with Gasteiger partial charge in [0.2, 0.25) is 5.91 Å². The van der Waals surface area contributed by atoms with E-state index in [4.69, 9.17) is 0 Å². The van der Waals surface area contributed by atoms with Gasteiger partial charge in [-0.05, 0) is 5.57 Å². The summed E-state index contributed by atoms with van der Waals surface area (Å²) in [4.78, 5) is 21.9. The highest BCUT2D eigenvalue weighted by Gasteiger charge is 2.25. The molecular formula is C8H7NO2. The maximum absolute atomic E-state index is 11.1. The summed E-state index contributed by atoms with van der Waals surface area (Å²) in [5.41, 5.74) is 1.35. The van der Waals surface area contributed by atoms with Crippen molar-refractivity contribution in [1.82, 2.24) is 5.32 Å². The monoisotopic (exact) mass is 149 g/mol. The normalized spacial score (nSPS) is 22.2. The lowest BCUT2D eigenvalue weighted by Gasteiger charge is -2.04. The highest BCUT2D eigenvalue weighted by atomic mass is 16.2. The Hall–Kier alpha value is -1.38. The van der Waals surface area contributed by atoms with Gasteiger partial charge in [-0.15, -0.1) is 0 Å². The van der Waals surface area contributed by atoms with Crippen LogP contribution in [0, 0.1) is 0 Å². The summed E-state index contributed by atoms with van der Waals surface area (Å²) in [5, 5.41) is 2.55. The SMILES string of the molecule is O=C1CC2=C(N1)C(=O)CC=C2. The third-order valence-corrected chi connectivity index (χ3v) is 1.84. The van der Waals surface area contributed by atoms with E-state index in [0.29, 0.717) is 18.5 Å². The minimum absolute atomic E-state index is 0.0216. The van der Waals surface area contributed by atoms with E-state index in [1.165, 1.54) is 0 Å². The highest BCUT2D eigenvalue weighted by Crippen LogP contribution is 2.21. The molecule has 0 spiro atoms. The lowest BCUT2D eigenvalue weighted by atomic mass is 10.0. The molecule has 0 aromatic heterocycles. The Morgan fingerprint density at radius 1 is 1.36 bits per heavy atom. The molecule has 0 aromatic rings. The number of carbonyl (C=O) groups excluding carboxylic acids is 2. The van der Waals surface area contributed by atoms with Crippen molar-refractivity contribution < 1.29 is 9.59 Å². The Kier molecular flexibility index (Phi) is 1.18. The molecule has 56 valence electrons. The van der Waals surface area contributed by atoms with Crippen LogP contribution in [-0.4, -0.2) is 11.7 Å². The van der Waals surface area contributed by atoms with Crippen LogP contribution in [0.2, 0.25) is 0 Å². The molecule has 0 saturated heterocycles. The molecule has 0 fully saturated rings. The van der Waals surface area contributed by atoms with Gasteiger partial charge in [0.15, 0.2) is 5.78 Å². The molecule has 2 aliphatic rings. The van der Waals surface area contributed by atoms with Crippen LogP contribution in [0.15, 0.2) is 23.4 Å². The number of allylic oxidation sites excluding steroid dienone is 3. The average molecular weight is 149 g/mol. The smallest absolute Gasteiger partial charge is 0.228 e. The van der Waals surface area contributed by atoms with Crippen molar-refractivity contribution in [3.8, 4) is 0 Å². The molecule has 0 bridgehead atoms. The molecule has 0 saturated carbocycles. The number of rotatable bonds is 0. The summed E-state index contributed by atoms with van der Waals surface area (Å²) in [7, 11) is 0. The van der Waals surface area contributed by atoms with E-state index in [-0.39, 0.29) is 11.7 Å². The van der Waals surface area contributed by atoms with E-state index < -0.39 is 0 Å². The van der Waals surface area contributed by atoms with Crippen LogP contribution in [0.1, 0.15) is 12.8 Å². The third kappa shape index (κ3) is 0.888. The van der Waals surface area contributed by atoms with Crippen LogP contribution in [0.25, 0.3) is 0 Å². The fraction of sp³-hybridized carbons (Fsp3) is 0.250. The molecule has 1 N–H and O–H groups in total. The minimum atomic E-state index is -0.0742. The molecular weight excluding hydrogens is 142 g/mol. The number of ketones is 1. The number of hydrogen-bond donors (Lipinski definition) is 1. The number of carbonyl (C=O) groups is 2. The van der Waals surface area contributed by atoms with E-state index in [0.717, 1.165) is 5.57 Å². The van der Waals surface area contributed by atoms with Gasteiger partial charge < -0.3 is 5.32 Å². The Bertz CT molecular complexity index is 299. The van der Waals surface area contributed by atoms with Gasteiger partial charge in [-0.25, -0.2) is 0 Å². The van der Waals surface area contributed by atoms with Crippen molar-refractivity contribution in [2.75, 3.05) is 0 Å². The van der Waals surface area contributed by atoms with Gasteiger partial charge in [0.05, 0.1) is 12.1 Å². The van der Waals surface area contributed by atoms with Crippen molar-refractivity contribution in [2.24, 2.45) is 0 Å². The lowest BCUT2D eigenvalue weighted by Crippen LogP contribution is -2.21. The molecule has 2 rings (SSSR count). The van der Waals surface area contributed by atoms with Gasteiger partial charge in [-0.2, -0.15) is 0 Å². The summed E-state index contributed by atoms with van der Waals surface area (Å²) < 4.78 is 0. The standard InChI is InChI=1S/C8H7NO2/c10-6-3-1-2-5-4-7(11)9-8(5)6/h1-2H,3-4H2,(H,9,11). The van der Waals surface area contributed by atoms with Crippen molar-refractivity contribution in [1.29, 1.82) is 0 Å². The maximum Gasteiger partial charge on any atom is 0.228 e. The van der Waals surface area contributed by atoms with Crippen LogP contribution >= 0.6 is 0 Å². The summed E-state index contributed by atoms with van der Waals surface area (Å²) in [6, 6.07) is 0. The van der Waals surface area contributed by atoms with Crippen molar-refractivity contribution in [3.05, 3.63) is 23.4 Å². The second-order valence-corrected chi connectivity index (χ2v) is 2.65. The molecule has 0 aromatic carbocycles. The first-order chi connectivity index (χ1) is 5.27. The van der Waals surface area contributed by atoms with E-state index >= 15 is 0 Å². The quantitative estimate of drug-likeness (QED) is 0.538. The minimum Gasteiger partial charge on any atom is -0.323 e. The van der Waals surface area contributed by atoms with Crippen molar-refractivity contribution in [2.45, 2.75) is 12.8 Å². The van der Waals surface area contributed by atoms with Crippen LogP contribution in [0.5, 0.6) is 0 Å². The van der Waals surface area contributed by atoms with Gasteiger partial charge in [0.25, 0.3) is 0 Å². The molecule has 0 unspecified atom stereocenters. The fourth-order valence-corrected chi connectivity index (χ4v) is 1.33. The Labute approximate surface area is 63.8 Å². The van der Waals surface area contributed by atoms with Gasteiger partial charge >= 0.3 is 0 Å². The molecule has 1 heterocycles. The van der Waals surface area contributed by atoms with Crippen LogP contribution in [0.3, 0.4) is 0 Å². The predicted molar refractivity (Wildman–Crippen MR) is 38.5 cm³/mol. The number of amides is 1. The Morgan fingerprint density at radius 3 is 2.91 bits per heavy atom. The maximum atomic E-state index is 11.1. The zero-order valence-electron chi connectivity index (χ0n) is 5.89. The van der Waals surface area contributed by atoms with E-state index in [2.05, 4.69) is 5.32 Å². The van der Waals surface area contributed by atoms with Gasteiger partial charge in [-0.3, -0.25) is 9.59 Å². The van der Waals surface area contributed by atoms with E-state index in [9.17, 15) is 9.59 Å². The molecule has 0 radical (unpaired) electrons. The van der Waals surface area contributed by atoms with Gasteiger partial charge in [0.1, 0.15) is 0 Å². The molecule has 1 amide bonds. The molecule has 3 nitrogen and oxygen atoms in total. The average Bonchev–Trinajstić information content (AvgIpc) is 2.31. The zero-order valence-corrected chi connectivity index (χ0v) is 5.89. The molecule has 11 heavy (non-hydrogen) atoms. The Balaban J connectivity index is 2.40. The van der Waals surface area contributed by atoms with E-state index in [1.54, 1.807) is 6.08 Å². The van der Waals surface area contributed by atoms with E-state index in [1.807, 2.05) is 6.08 Å². The molecule has 3 heteroatoms. The first kappa shape index (κ1) is 6.34. The topological polar surface area (TPSA) is 46.2 Å². The highest BCUT2D eigenvalue weighted by molar-refractivity contribution is 6.05. The lowest BCUT2D eigenvalue weighted by molar-refractivity contribution is -0.121. The van der Waals surface area contributed by atoms with Crippen LogP contribution in [-0.2, 0) is 9.59 Å². The zero-order chi connectivity index (χ0) is 7.84. The molecule has 0 atom stereocenters. The van der Waals surface area contributed by atoms with Crippen molar-refractivity contribution in [3.63, 3.8) is 0 Å². The van der Waals surface area contributed by atoms with Crippen molar-refractivity contribution >= 4 is 11.7 Å². The van der Waals surface area contributed by atoms with Gasteiger partial charge in [0, 0.05) is 6.42 Å². The summed E-state index contributed by atoms with van der Waals surface area (Å²) in [6.45, 7) is 0. The fourth-order valence-electron chi connectivity index (χ4n) is 1.33. The summed E-state index contributed by atoms with van der Waals surface area (Å²) in [5.74, 6) is -0.0525. The molecule has 1 aliphatic carbocycles. The predicted octanol–water partition coefficient (Wildman–Crippen LogP) is 0.289. The third-order valence-electron chi connectivity index (χ3n) is 1.84.